The number of unbranched alkanes of at least 4 members (excludes halogenated alkanes) is 34. The molecule has 480 valence electrons. The van der Waals surface area contributed by atoms with E-state index < -0.39 is 97.5 Å². The number of phosphoric ester groups is 2. The van der Waals surface area contributed by atoms with E-state index in [1.54, 1.807) is 0 Å². The number of ether oxygens (including phenoxy) is 4. The minimum atomic E-state index is -4.94. The van der Waals surface area contributed by atoms with Gasteiger partial charge in [0, 0.05) is 25.7 Å². The van der Waals surface area contributed by atoms with Crippen LogP contribution in [0.1, 0.15) is 311 Å². The minimum Gasteiger partial charge on any atom is -0.462 e. The van der Waals surface area contributed by atoms with Crippen LogP contribution in [0.3, 0.4) is 0 Å². The fourth-order valence-corrected chi connectivity index (χ4v) is 10.8. The van der Waals surface area contributed by atoms with Crippen LogP contribution in [0.25, 0.3) is 0 Å². The van der Waals surface area contributed by atoms with Gasteiger partial charge >= 0.3 is 39.5 Å². The minimum absolute atomic E-state index is 0.104. The number of rotatable bonds is 62. The molecule has 0 amide bonds. The lowest BCUT2D eigenvalue weighted by Crippen LogP contribution is -2.30. The summed E-state index contributed by atoms with van der Waals surface area (Å²) in [6, 6.07) is 0. The molecule has 0 saturated carbocycles. The number of hydrogen-bond donors (Lipinski definition) is 3. The molecule has 0 radical (unpaired) electrons. The monoisotopic (exact) mass is 1200 g/mol. The lowest BCUT2D eigenvalue weighted by Gasteiger charge is -2.21. The first kappa shape index (κ1) is 79.1. The van der Waals surface area contributed by atoms with E-state index in [-0.39, 0.29) is 25.7 Å². The van der Waals surface area contributed by atoms with Crippen molar-refractivity contribution in [1.29, 1.82) is 0 Å². The molecule has 0 saturated heterocycles. The molecule has 0 heterocycles. The number of carbonyl (C=O) groups excluding carboxylic acids is 4. The predicted molar refractivity (Wildman–Crippen MR) is 322 cm³/mol. The Kier molecular flexibility index (Phi) is 54.6. The van der Waals surface area contributed by atoms with Gasteiger partial charge < -0.3 is 33.8 Å². The van der Waals surface area contributed by atoms with Crippen LogP contribution in [0.4, 0.5) is 0 Å². The van der Waals surface area contributed by atoms with Gasteiger partial charge in [-0.2, -0.15) is 0 Å². The molecule has 0 aromatic carbocycles. The fourth-order valence-electron chi connectivity index (χ4n) is 9.23. The zero-order valence-corrected chi connectivity index (χ0v) is 53.7. The predicted octanol–water partition coefficient (Wildman–Crippen LogP) is 17.0. The molecule has 0 aliphatic carbocycles. The molecule has 17 nitrogen and oxygen atoms in total. The summed E-state index contributed by atoms with van der Waals surface area (Å²) in [5, 5.41) is 10.5. The molecule has 0 aromatic rings. The van der Waals surface area contributed by atoms with Crippen LogP contribution in [-0.4, -0.2) is 96.7 Å². The Bertz CT molecular complexity index is 1580. The van der Waals surface area contributed by atoms with E-state index in [0.29, 0.717) is 25.7 Å². The number of esters is 4. The van der Waals surface area contributed by atoms with Crippen LogP contribution in [0, 0.1) is 5.92 Å². The first-order valence-corrected chi connectivity index (χ1v) is 35.6. The maximum Gasteiger partial charge on any atom is 0.472 e. The summed E-state index contributed by atoms with van der Waals surface area (Å²) in [7, 11) is -9.87. The highest BCUT2D eigenvalue weighted by Crippen LogP contribution is 2.45. The zero-order chi connectivity index (χ0) is 59.9. The summed E-state index contributed by atoms with van der Waals surface area (Å²) in [4.78, 5) is 71.8. The molecule has 5 atom stereocenters. The molecule has 0 aliphatic rings. The molecular weight excluding hydrogens is 1080 g/mol. The molecule has 3 N–H and O–H groups in total. The Balaban J connectivity index is 5.16. The second kappa shape index (κ2) is 55.9. The van der Waals surface area contributed by atoms with Crippen molar-refractivity contribution in [3.05, 3.63) is 0 Å². The summed E-state index contributed by atoms with van der Waals surface area (Å²) in [6.45, 7) is 7.07. The van der Waals surface area contributed by atoms with E-state index in [2.05, 4.69) is 34.6 Å². The van der Waals surface area contributed by atoms with Crippen LogP contribution >= 0.6 is 15.6 Å². The molecule has 0 aliphatic heterocycles. The average Bonchev–Trinajstić information content (AvgIpc) is 3.43. The second-order valence-electron chi connectivity index (χ2n) is 22.9. The summed E-state index contributed by atoms with van der Waals surface area (Å²) < 4.78 is 67.7. The van der Waals surface area contributed by atoms with Crippen LogP contribution in [0.2, 0.25) is 0 Å². The van der Waals surface area contributed by atoms with Gasteiger partial charge in [0.15, 0.2) is 12.2 Å². The smallest absolute Gasteiger partial charge is 0.462 e. The first-order chi connectivity index (χ1) is 39.0. The largest absolute Gasteiger partial charge is 0.472 e. The highest BCUT2D eigenvalue weighted by molar-refractivity contribution is 7.47. The number of hydrogen-bond acceptors (Lipinski definition) is 15. The summed E-state index contributed by atoms with van der Waals surface area (Å²) in [5.74, 6) is -1.38. The Labute approximate surface area is 492 Å². The van der Waals surface area contributed by atoms with E-state index in [1.165, 1.54) is 122 Å². The van der Waals surface area contributed by atoms with Gasteiger partial charge in [0.05, 0.1) is 26.4 Å². The summed E-state index contributed by atoms with van der Waals surface area (Å²) >= 11 is 0. The maximum absolute atomic E-state index is 13.0. The Morgan fingerprint density at radius 2 is 0.568 bits per heavy atom. The van der Waals surface area contributed by atoms with Gasteiger partial charge in [0.1, 0.15) is 19.3 Å². The van der Waals surface area contributed by atoms with Gasteiger partial charge in [-0.05, 0) is 31.6 Å². The molecule has 19 heteroatoms. The third-order valence-electron chi connectivity index (χ3n) is 14.3. The molecular formula is C62H120O17P2. The Hall–Kier alpha value is -1.94. The van der Waals surface area contributed by atoms with Gasteiger partial charge in [-0.15, -0.1) is 0 Å². The number of aliphatic hydroxyl groups excluding tert-OH is 1. The van der Waals surface area contributed by atoms with E-state index in [4.69, 9.17) is 37.0 Å². The first-order valence-electron chi connectivity index (χ1n) is 32.6. The van der Waals surface area contributed by atoms with Crippen LogP contribution < -0.4 is 0 Å². The van der Waals surface area contributed by atoms with Gasteiger partial charge in [-0.1, -0.05) is 259 Å². The van der Waals surface area contributed by atoms with Crippen LogP contribution in [0.5, 0.6) is 0 Å². The van der Waals surface area contributed by atoms with Crippen LogP contribution in [0.15, 0.2) is 0 Å². The molecule has 0 fully saturated rings. The summed E-state index contributed by atoms with van der Waals surface area (Å²) in [5.41, 5.74) is 0. The van der Waals surface area contributed by atoms with E-state index in [0.717, 1.165) is 109 Å². The lowest BCUT2D eigenvalue weighted by atomic mass is 10.0. The zero-order valence-electron chi connectivity index (χ0n) is 51.9. The maximum atomic E-state index is 13.0. The number of aliphatic hydroxyl groups is 1. The van der Waals surface area contributed by atoms with Crippen LogP contribution in [-0.2, 0) is 65.4 Å². The molecule has 0 rings (SSSR count). The summed E-state index contributed by atoms with van der Waals surface area (Å²) in [6.07, 6.45) is 39.3. The quantitative estimate of drug-likeness (QED) is 0.0222. The van der Waals surface area contributed by atoms with Gasteiger partial charge in [0.2, 0.25) is 0 Å². The Morgan fingerprint density at radius 3 is 0.840 bits per heavy atom. The molecule has 0 bridgehead atoms. The topological polar surface area (TPSA) is 237 Å². The molecule has 81 heavy (non-hydrogen) atoms. The lowest BCUT2D eigenvalue weighted by molar-refractivity contribution is -0.161. The average molecular weight is 1200 g/mol. The van der Waals surface area contributed by atoms with Crippen molar-refractivity contribution in [2.75, 3.05) is 39.6 Å². The van der Waals surface area contributed by atoms with Gasteiger partial charge in [0.25, 0.3) is 0 Å². The number of carbonyl (C=O) groups is 4. The molecule has 0 aromatic heterocycles. The Morgan fingerprint density at radius 1 is 0.333 bits per heavy atom. The highest BCUT2D eigenvalue weighted by Gasteiger charge is 2.30. The van der Waals surface area contributed by atoms with Crippen molar-refractivity contribution in [1.82, 2.24) is 0 Å². The third-order valence-corrected chi connectivity index (χ3v) is 16.2. The highest BCUT2D eigenvalue weighted by atomic mass is 31.2. The number of phosphoric acid groups is 2. The van der Waals surface area contributed by atoms with E-state index in [9.17, 15) is 43.2 Å². The van der Waals surface area contributed by atoms with Gasteiger partial charge in [-0.3, -0.25) is 37.3 Å². The van der Waals surface area contributed by atoms with Gasteiger partial charge in [-0.25, -0.2) is 9.13 Å². The SMILES string of the molecule is CCCCCCCCCCCCCCCCC(=O)OC[C@H](COP(=O)(O)OC[C@@H](O)COP(=O)(O)OC[C@@H](COC(=O)CCCCCCC)OC(=O)CCCCCCCCCC)OC(=O)CCCCCCCCCCCCCC(C)C. The van der Waals surface area contributed by atoms with E-state index in [1.807, 2.05) is 0 Å². The standard InChI is InChI=1S/C62H120O17P2/c1-6-9-12-15-17-19-20-21-22-25-28-32-36-41-46-60(65)73-52-58(79-62(67)48-43-38-33-29-26-23-24-27-30-35-39-44-55(4)5)54-77-81(70,71)75-50-56(63)49-74-80(68,69)76-53-57(51-72-59(64)45-40-34-14-11-8-3)78-61(66)47-42-37-31-18-16-13-10-7-2/h55-58,63H,6-54H2,1-5H3,(H,68,69)(H,70,71)/t56-,57+,58+/m0/s1. The van der Waals surface area contributed by atoms with E-state index >= 15 is 0 Å². The second-order valence-corrected chi connectivity index (χ2v) is 25.8. The molecule has 2 unspecified atom stereocenters. The van der Waals surface area contributed by atoms with Crippen molar-refractivity contribution in [3.8, 4) is 0 Å². The molecule has 0 spiro atoms. The normalized spacial score (nSPS) is 14.3. The van der Waals surface area contributed by atoms with Crippen molar-refractivity contribution < 1.29 is 80.2 Å². The van der Waals surface area contributed by atoms with Crippen molar-refractivity contribution in [2.45, 2.75) is 329 Å². The third kappa shape index (κ3) is 56.9. The fraction of sp³-hybridized carbons (Fsp3) is 0.935. The van der Waals surface area contributed by atoms with Crippen molar-refractivity contribution in [3.63, 3.8) is 0 Å². The van der Waals surface area contributed by atoms with Crippen molar-refractivity contribution in [2.24, 2.45) is 5.92 Å². The van der Waals surface area contributed by atoms with Crippen molar-refractivity contribution >= 4 is 39.5 Å².